The summed E-state index contributed by atoms with van der Waals surface area (Å²) in [5.41, 5.74) is 4.17. The van der Waals surface area contributed by atoms with Gasteiger partial charge < -0.3 is 10.6 Å². The van der Waals surface area contributed by atoms with Gasteiger partial charge in [0, 0.05) is 16.4 Å². The molecule has 0 fully saturated rings. The molecule has 0 atom stereocenters. The van der Waals surface area contributed by atoms with Crippen molar-refractivity contribution in [2.45, 2.75) is 26.7 Å². The number of thiocarbonyl (C=S) groups is 1. The number of hydrogen-bond acceptors (Lipinski definition) is 1. The molecule has 0 spiro atoms. The molecule has 0 saturated carbocycles. The lowest BCUT2D eigenvalue weighted by Gasteiger charge is -2.14. The highest BCUT2D eigenvalue weighted by Gasteiger charge is 2.05. The van der Waals surface area contributed by atoms with E-state index in [0.29, 0.717) is 11.0 Å². The minimum Gasteiger partial charge on any atom is -0.332 e. The molecule has 0 heterocycles. The van der Waals surface area contributed by atoms with E-state index >= 15 is 0 Å². The van der Waals surface area contributed by atoms with Crippen LogP contribution in [0.5, 0.6) is 0 Å². The Morgan fingerprint density at radius 2 is 1.81 bits per heavy atom. The van der Waals surface area contributed by atoms with E-state index in [2.05, 4.69) is 36.6 Å². The first-order valence-corrected chi connectivity index (χ1v) is 7.69. The molecule has 0 aliphatic heterocycles. The average molecular weight is 319 g/mol. The molecule has 2 rings (SSSR count). The van der Waals surface area contributed by atoms with Crippen LogP contribution in [0.25, 0.3) is 0 Å². The molecule has 0 aromatic heterocycles. The van der Waals surface area contributed by atoms with Crippen LogP contribution in [0.15, 0.2) is 42.5 Å². The van der Waals surface area contributed by atoms with Gasteiger partial charge in [0.05, 0.1) is 0 Å². The summed E-state index contributed by atoms with van der Waals surface area (Å²) in [6.07, 6.45) is 0. The highest BCUT2D eigenvalue weighted by molar-refractivity contribution is 7.80. The van der Waals surface area contributed by atoms with Gasteiger partial charge in [0.2, 0.25) is 0 Å². The maximum atomic E-state index is 6.11. The van der Waals surface area contributed by atoms with Crippen LogP contribution in [-0.4, -0.2) is 5.11 Å². The summed E-state index contributed by atoms with van der Waals surface area (Å²) >= 11 is 11.5. The fourth-order valence-corrected chi connectivity index (χ4v) is 2.41. The van der Waals surface area contributed by atoms with Crippen LogP contribution in [0.2, 0.25) is 5.02 Å². The van der Waals surface area contributed by atoms with Crippen molar-refractivity contribution in [2.75, 3.05) is 10.6 Å². The number of benzene rings is 2. The van der Waals surface area contributed by atoms with E-state index in [4.69, 9.17) is 23.8 Å². The molecule has 0 radical (unpaired) electrons. The Bertz CT molecular complexity index is 653. The normalized spacial score (nSPS) is 10.5. The lowest BCUT2D eigenvalue weighted by molar-refractivity contribution is 0.867. The summed E-state index contributed by atoms with van der Waals surface area (Å²) in [5, 5.41) is 7.68. The largest absolute Gasteiger partial charge is 0.332 e. The molecular weight excluding hydrogens is 300 g/mol. The van der Waals surface area contributed by atoms with Gasteiger partial charge in [-0.1, -0.05) is 43.6 Å². The predicted octanol–water partition coefficient (Wildman–Crippen LogP) is 5.58. The number of hydrogen-bond donors (Lipinski definition) is 2. The molecule has 4 heteroatoms. The molecule has 21 heavy (non-hydrogen) atoms. The quantitative estimate of drug-likeness (QED) is 0.722. The summed E-state index contributed by atoms with van der Waals surface area (Å²) < 4.78 is 0. The maximum Gasteiger partial charge on any atom is 0.175 e. The monoisotopic (exact) mass is 318 g/mol. The fraction of sp³-hybridized carbons (Fsp3) is 0.235. The molecule has 2 nitrogen and oxygen atoms in total. The molecular formula is C17H19ClN2S. The molecule has 110 valence electrons. The molecule has 0 bridgehead atoms. The third-order valence-corrected chi connectivity index (χ3v) is 3.94. The molecule has 0 aliphatic rings. The van der Waals surface area contributed by atoms with Gasteiger partial charge in [-0.3, -0.25) is 0 Å². The third kappa shape index (κ3) is 4.19. The van der Waals surface area contributed by atoms with Crippen LogP contribution in [-0.2, 0) is 0 Å². The van der Waals surface area contributed by atoms with E-state index in [-0.39, 0.29) is 0 Å². The van der Waals surface area contributed by atoms with Crippen LogP contribution >= 0.6 is 23.8 Å². The van der Waals surface area contributed by atoms with Gasteiger partial charge in [0.1, 0.15) is 0 Å². The molecule has 0 amide bonds. The summed E-state index contributed by atoms with van der Waals surface area (Å²) in [4.78, 5) is 0. The lowest BCUT2D eigenvalue weighted by atomic mass is 10.0. The summed E-state index contributed by atoms with van der Waals surface area (Å²) in [6.45, 7) is 6.31. The summed E-state index contributed by atoms with van der Waals surface area (Å²) in [5.74, 6) is 0.489. The van der Waals surface area contributed by atoms with E-state index in [1.165, 1.54) is 5.56 Å². The van der Waals surface area contributed by atoms with Crippen molar-refractivity contribution in [1.82, 2.24) is 0 Å². The Labute approximate surface area is 136 Å². The van der Waals surface area contributed by atoms with Crippen molar-refractivity contribution in [3.05, 3.63) is 58.6 Å². The van der Waals surface area contributed by atoms with Crippen LogP contribution in [0.3, 0.4) is 0 Å². The average Bonchev–Trinajstić information content (AvgIpc) is 2.44. The third-order valence-electron chi connectivity index (χ3n) is 3.33. The fourth-order valence-electron chi connectivity index (χ4n) is 2.00. The van der Waals surface area contributed by atoms with E-state index in [1.807, 2.05) is 37.3 Å². The van der Waals surface area contributed by atoms with Crippen molar-refractivity contribution < 1.29 is 0 Å². The molecule has 2 aromatic rings. The Hall–Kier alpha value is -1.58. The second kappa shape index (κ2) is 6.92. The zero-order valence-electron chi connectivity index (χ0n) is 12.4. The SMILES string of the molecule is Cc1c(Cl)cccc1NC(=S)Nc1cccc(C(C)C)c1. The Balaban J connectivity index is 2.08. The van der Waals surface area contributed by atoms with E-state index < -0.39 is 0 Å². The predicted molar refractivity (Wildman–Crippen MR) is 96.6 cm³/mol. The van der Waals surface area contributed by atoms with Gasteiger partial charge in [-0.25, -0.2) is 0 Å². The van der Waals surface area contributed by atoms with Gasteiger partial charge in [-0.05, 0) is 60.5 Å². The smallest absolute Gasteiger partial charge is 0.175 e. The first-order valence-electron chi connectivity index (χ1n) is 6.90. The lowest BCUT2D eigenvalue weighted by Crippen LogP contribution is -2.19. The van der Waals surface area contributed by atoms with Gasteiger partial charge in [0.25, 0.3) is 0 Å². The second-order valence-electron chi connectivity index (χ2n) is 5.27. The highest BCUT2D eigenvalue weighted by Crippen LogP contribution is 2.23. The molecule has 2 N–H and O–H groups in total. The maximum absolute atomic E-state index is 6.11. The molecule has 0 saturated heterocycles. The Morgan fingerprint density at radius 1 is 1.10 bits per heavy atom. The van der Waals surface area contributed by atoms with Crippen LogP contribution in [0.4, 0.5) is 11.4 Å². The minimum absolute atomic E-state index is 0.489. The van der Waals surface area contributed by atoms with E-state index in [9.17, 15) is 0 Å². The van der Waals surface area contributed by atoms with Crippen molar-refractivity contribution >= 4 is 40.3 Å². The van der Waals surface area contributed by atoms with Crippen LogP contribution in [0.1, 0.15) is 30.9 Å². The second-order valence-corrected chi connectivity index (χ2v) is 6.09. The minimum atomic E-state index is 0.489. The van der Waals surface area contributed by atoms with Gasteiger partial charge >= 0.3 is 0 Å². The topological polar surface area (TPSA) is 24.1 Å². The van der Waals surface area contributed by atoms with Crippen molar-refractivity contribution in [3.63, 3.8) is 0 Å². The van der Waals surface area contributed by atoms with Crippen LogP contribution in [0, 0.1) is 6.92 Å². The number of halogens is 1. The molecule has 0 aliphatic carbocycles. The number of rotatable bonds is 3. The standard InChI is InChI=1S/C17H19ClN2S/c1-11(2)13-6-4-7-14(10-13)19-17(21)20-16-9-5-8-15(18)12(16)3/h4-11H,1-3H3,(H2,19,20,21). The summed E-state index contributed by atoms with van der Waals surface area (Å²) in [7, 11) is 0. The van der Waals surface area contributed by atoms with Crippen molar-refractivity contribution in [3.8, 4) is 0 Å². The van der Waals surface area contributed by atoms with E-state index in [1.54, 1.807) is 0 Å². The molecule has 2 aromatic carbocycles. The van der Waals surface area contributed by atoms with Crippen molar-refractivity contribution in [1.29, 1.82) is 0 Å². The first-order chi connectivity index (χ1) is 9.97. The Morgan fingerprint density at radius 3 is 2.52 bits per heavy atom. The van der Waals surface area contributed by atoms with Crippen molar-refractivity contribution in [2.24, 2.45) is 0 Å². The number of nitrogens with one attached hydrogen (secondary N) is 2. The zero-order valence-corrected chi connectivity index (χ0v) is 14.0. The van der Waals surface area contributed by atoms with Gasteiger partial charge in [-0.15, -0.1) is 0 Å². The summed E-state index contributed by atoms with van der Waals surface area (Å²) in [6, 6.07) is 14.0. The highest BCUT2D eigenvalue weighted by atomic mass is 35.5. The van der Waals surface area contributed by atoms with Gasteiger partial charge in [-0.2, -0.15) is 0 Å². The molecule has 0 unspecified atom stereocenters. The number of anilines is 2. The van der Waals surface area contributed by atoms with E-state index in [0.717, 1.165) is 22.0 Å². The van der Waals surface area contributed by atoms with Crippen LogP contribution < -0.4 is 10.6 Å². The first kappa shape index (κ1) is 15.8. The zero-order chi connectivity index (χ0) is 15.4. The Kier molecular flexibility index (Phi) is 5.21. The van der Waals surface area contributed by atoms with Gasteiger partial charge in [0.15, 0.2) is 5.11 Å².